The SMILES string of the molecule is Cc1cc(F)ncc1C=CC#N. The first-order valence-electron chi connectivity index (χ1n) is 3.42. The number of nitriles is 1. The van der Waals surface area contributed by atoms with Crippen molar-refractivity contribution < 1.29 is 4.39 Å². The molecule has 2 nitrogen and oxygen atoms in total. The van der Waals surface area contributed by atoms with Crippen molar-refractivity contribution in [2.45, 2.75) is 6.92 Å². The highest BCUT2D eigenvalue weighted by molar-refractivity contribution is 5.54. The van der Waals surface area contributed by atoms with E-state index in [1.54, 1.807) is 13.0 Å². The summed E-state index contributed by atoms with van der Waals surface area (Å²) in [5, 5.41) is 8.24. The number of aryl methyl sites for hydroxylation is 1. The van der Waals surface area contributed by atoms with Gasteiger partial charge in [0.15, 0.2) is 0 Å². The van der Waals surface area contributed by atoms with E-state index in [9.17, 15) is 4.39 Å². The van der Waals surface area contributed by atoms with Gasteiger partial charge in [0.05, 0.1) is 6.07 Å². The van der Waals surface area contributed by atoms with E-state index < -0.39 is 5.95 Å². The Kier molecular flexibility index (Phi) is 2.54. The Bertz CT molecular complexity index is 350. The third-order valence-corrected chi connectivity index (χ3v) is 1.46. The van der Waals surface area contributed by atoms with Gasteiger partial charge in [-0.2, -0.15) is 9.65 Å². The van der Waals surface area contributed by atoms with Crippen LogP contribution in [0.4, 0.5) is 4.39 Å². The zero-order chi connectivity index (χ0) is 8.97. The highest BCUT2D eigenvalue weighted by atomic mass is 19.1. The topological polar surface area (TPSA) is 36.7 Å². The number of rotatable bonds is 1. The lowest BCUT2D eigenvalue weighted by Gasteiger charge is -1.96. The minimum atomic E-state index is -0.499. The van der Waals surface area contributed by atoms with Crippen LogP contribution in [0, 0.1) is 24.2 Å². The molecule has 0 radical (unpaired) electrons. The summed E-state index contributed by atoms with van der Waals surface area (Å²) in [6, 6.07) is 3.19. The van der Waals surface area contributed by atoms with Gasteiger partial charge in [-0.05, 0) is 30.2 Å². The van der Waals surface area contributed by atoms with Gasteiger partial charge in [0.25, 0.3) is 0 Å². The van der Waals surface area contributed by atoms with E-state index in [-0.39, 0.29) is 0 Å². The summed E-state index contributed by atoms with van der Waals surface area (Å²) in [5.74, 6) is -0.499. The Morgan fingerprint density at radius 1 is 1.67 bits per heavy atom. The molecule has 12 heavy (non-hydrogen) atoms. The van der Waals surface area contributed by atoms with Crippen molar-refractivity contribution in [3.8, 4) is 6.07 Å². The summed E-state index contributed by atoms with van der Waals surface area (Å²) in [6.45, 7) is 1.77. The van der Waals surface area contributed by atoms with E-state index in [0.717, 1.165) is 11.1 Å². The van der Waals surface area contributed by atoms with Crippen molar-refractivity contribution in [2.24, 2.45) is 0 Å². The maximum atomic E-state index is 12.5. The lowest BCUT2D eigenvalue weighted by Crippen LogP contribution is -1.87. The molecule has 1 aromatic rings. The molecule has 0 fully saturated rings. The molecule has 0 aliphatic rings. The molecule has 0 atom stereocenters. The Hall–Kier alpha value is -1.69. The van der Waals surface area contributed by atoms with Crippen LogP contribution in [0.1, 0.15) is 11.1 Å². The molecule has 1 heterocycles. The molecule has 0 amide bonds. The number of hydrogen-bond acceptors (Lipinski definition) is 2. The van der Waals surface area contributed by atoms with Crippen molar-refractivity contribution in [1.82, 2.24) is 4.98 Å². The quantitative estimate of drug-likeness (QED) is 0.468. The fourth-order valence-electron chi connectivity index (χ4n) is 0.834. The van der Waals surface area contributed by atoms with E-state index in [4.69, 9.17) is 5.26 Å². The van der Waals surface area contributed by atoms with Gasteiger partial charge in [0.1, 0.15) is 0 Å². The fourth-order valence-corrected chi connectivity index (χ4v) is 0.834. The van der Waals surface area contributed by atoms with Crippen LogP contribution in [0.3, 0.4) is 0 Å². The average Bonchev–Trinajstić information content (AvgIpc) is 2.03. The average molecular weight is 162 g/mol. The van der Waals surface area contributed by atoms with Crippen LogP contribution in [0.5, 0.6) is 0 Å². The molecule has 60 valence electrons. The normalized spacial score (nSPS) is 10.1. The summed E-state index contributed by atoms with van der Waals surface area (Å²) in [6.07, 6.45) is 4.34. The van der Waals surface area contributed by atoms with Gasteiger partial charge < -0.3 is 0 Å². The van der Waals surface area contributed by atoms with E-state index in [1.807, 2.05) is 6.07 Å². The van der Waals surface area contributed by atoms with Gasteiger partial charge in [-0.25, -0.2) is 4.98 Å². The number of allylic oxidation sites excluding steroid dienone is 1. The zero-order valence-electron chi connectivity index (χ0n) is 6.58. The predicted octanol–water partition coefficient (Wildman–Crippen LogP) is 2.07. The molecule has 0 bridgehead atoms. The lowest BCUT2D eigenvalue weighted by atomic mass is 10.1. The minimum Gasteiger partial charge on any atom is -0.228 e. The van der Waals surface area contributed by atoms with Crippen molar-refractivity contribution in [2.75, 3.05) is 0 Å². The first-order valence-corrected chi connectivity index (χ1v) is 3.42. The van der Waals surface area contributed by atoms with Gasteiger partial charge in [0.2, 0.25) is 5.95 Å². The van der Waals surface area contributed by atoms with Gasteiger partial charge in [-0.15, -0.1) is 0 Å². The molecule has 0 N–H and O–H groups in total. The Labute approximate surface area is 70.0 Å². The largest absolute Gasteiger partial charge is 0.228 e. The van der Waals surface area contributed by atoms with Crippen molar-refractivity contribution in [3.05, 3.63) is 35.4 Å². The third kappa shape index (κ3) is 1.89. The van der Waals surface area contributed by atoms with Gasteiger partial charge in [-0.1, -0.05) is 0 Å². The first-order chi connectivity index (χ1) is 5.74. The maximum absolute atomic E-state index is 12.5. The number of nitrogens with zero attached hydrogens (tertiary/aromatic N) is 2. The monoisotopic (exact) mass is 162 g/mol. The van der Waals surface area contributed by atoms with Crippen molar-refractivity contribution in [1.29, 1.82) is 5.26 Å². The highest BCUT2D eigenvalue weighted by Crippen LogP contribution is 2.08. The second-order valence-electron chi connectivity index (χ2n) is 2.33. The summed E-state index contributed by atoms with van der Waals surface area (Å²) in [7, 11) is 0. The molecule has 1 aromatic heterocycles. The lowest BCUT2D eigenvalue weighted by molar-refractivity contribution is 0.582. The standard InChI is InChI=1S/C9H7FN2/c1-7-5-9(10)12-6-8(7)3-2-4-11/h2-3,5-6H,1H3. The molecule has 0 saturated carbocycles. The summed E-state index contributed by atoms with van der Waals surface area (Å²) in [5.41, 5.74) is 1.53. The number of hydrogen-bond donors (Lipinski definition) is 0. The molecule has 3 heteroatoms. The van der Waals surface area contributed by atoms with Gasteiger partial charge >= 0.3 is 0 Å². The molecule has 0 aromatic carbocycles. The van der Waals surface area contributed by atoms with Gasteiger partial charge in [-0.3, -0.25) is 0 Å². The van der Waals surface area contributed by atoms with Crippen molar-refractivity contribution >= 4 is 6.08 Å². The number of pyridine rings is 1. The molecule has 0 aliphatic carbocycles. The van der Waals surface area contributed by atoms with Crippen LogP contribution in [0.15, 0.2) is 18.3 Å². The van der Waals surface area contributed by atoms with Crippen LogP contribution in [-0.2, 0) is 0 Å². The van der Waals surface area contributed by atoms with E-state index in [2.05, 4.69) is 4.98 Å². The summed E-state index contributed by atoms with van der Waals surface area (Å²) < 4.78 is 12.5. The maximum Gasteiger partial charge on any atom is 0.213 e. The Morgan fingerprint density at radius 2 is 2.42 bits per heavy atom. The fraction of sp³-hybridized carbons (Fsp3) is 0.111. The molecule has 0 spiro atoms. The zero-order valence-corrected chi connectivity index (χ0v) is 6.58. The van der Waals surface area contributed by atoms with Crippen LogP contribution >= 0.6 is 0 Å². The predicted molar refractivity (Wildman–Crippen MR) is 43.6 cm³/mol. The van der Waals surface area contributed by atoms with E-state index in [0.29, 0.717) is 0 Å². The molecular weight excluding hydrogens is 155 g/mol. The van der Waals surface area contributed by atoms with Crippen LogP contribution in [0.2, 0.25) is 0 Å². The summed E-state index contributed by atoms with van der Waals surface area (Å²) in [4.78, 5) is 3.47. The van der Waals surface area contributed by atoms with Crippen molar-refractivity contribution in [3.63, 3.8) is 0 Å². The number of halogens is 1. The van der Waals surface area contributed by atoms with Crippen LogP contribution < -0.4 is 0 Å². The van der Waals surface area contributed by atoms with E-state index in [1.165, 1.54) is 18.3 Å². The highest BCUT2D eigenvalue weighted by Gasteiger charge is 1.96. The molecule has 0 aliphatic heterocycles. The molecular formula is C9H7FN2. The smallest absolute Gasteiger partial charge is 0.213 e. The van der Waals surface area contributed by atoms with E-state index >= 15 is 0 Å². The van der Waals surface area contributed by atoms with Crippen LogP contribution in [-0.4, -0.2) is 4.98 Å². The second kappa shape index (κ2) is 3.63. The Balaban J connectivity index is 3.03. The second-order valence-corrected chi connectivity index (χ2v) is 2.33. The Morgan fingerprint density at radius 3 is 3.00 bits per heavy atom. The first kappa shape index (κ1) is 8.41. The number of aromatic nitrogens is 1. The molecule has 0 saturated heterocycles. The minimum absolute atomic E-state index is 0.499. The van der Waals surface area contributed by atoms with Crippen LogP contribution in [0.25, 0.3) is 6.08 Å². The summed E-state index contributed by atoms with van der Waals surface area (Å²) >= 11 is 0. The van der Waals surface area contributed by atoms with Gasteiger partial charge in [0, 0.05) is 12.3 Å². The molecule has 1 rings (SSSR count). The molecule has 0 unspecified atom stereocenters. The third-order valence-electron chi connectivity index (χ3n) is 1.46.